The smallest absolute Gasteiger partial charge is 0.280 e. The second kappa shape index (κ2) is 8.76. The number of halogens is 2. The van der Waals surface area contributed by atoms with Crippen LogP contribution < -0.4 is 10.6 Å². The summed E-state index contributed by atoms with van der Waals surface area (Å²) in [6, 6.07) is 7.36. The highest BCUT2D eigenvalue weighted by atomic mass is 19.3. The Morgan fingerprint density at radius 1 is 1.19 bits per heavy atom. The predicted octanol–water partition coefficient (Wildman–Crippen LogP) is 3.17. The third-order valence-corrected chi connectivity index (χ3v) is 5.20. The Morgan fingerprint density at radius 2 is 1.97 bits per heavy atom. The molecule has 3 aromatic heterocycles. The van der Waals surface area contributed by atoms with Crippen molar-refractivity contribution in [2.45, 2.75) is 25.2 Å². The lowest BCUT2D eigenvalue weighted by atomic mass is 9.97. The molecular formula is C21H21F2N5O3. The van der Waals surface area contributed by atoms with Gasteiger partial charge in [-0.25, -0.2) is 18.3 Å². The number of carbonyl (C=O) groups is 2. The lowest BCUT2D eigenvalue weighted by Crippen LogP contribution is -2.22. The minimum absolute atomic E-state index is 0.170. The number of nitrogens with one attached hydrogen (secondary N) is 2. The molecule has 0 atom stereocenters. The zero-order valence-corrected chi connectivity index (χ0v) is 16.8. The van der Waals surface area contributed by atoms with Crippen LogP contribution in [0, 0.1) is 0 Å². The van der Waals surface area contributed by atoms with Crippen molar-refractivity contribution in [1.82, 2.24) is 19.9 Å². The van der Waals surface area contributed by atoms with Gasteiger partial charge < -0.3 is 15.4 Å². The molecule has 162 valence electrons. The molecule has 10 heteroatoms. The summed E-state index contributed by atoms with van der Waals surface area (Å²) in [5, 5.41) is 9.75. The van der Waals surface area contributed by atoms with Gasteiger partial charge in [-0.2, -0.15) is 5.10 Å². The van der Waals surface area contributed by atoms with E-state index in [9.17, 15) is 18.4 Å². The van der Waals surface area contributed by atoms with E-state index in [0.717, 1.165) is 24.6 Å². The number of amides is 2. The van der Waals surface area contributed by atoms with Crippen LogP contribution >= 0.6 is 0 Å². The topological polar surface area (TPSA) is 97.6 Å². The fourth-order valence-electron chi connectivity index (χ4n) is 3.56. The van der Waals surface area contributed by atoms with Crippen LogP contribution in [-0.2, 0) is 4.74 Å². The van der Waals surface area contributed by atoms with E-state index in [4.69, 9.17) is 4.74 Å². The molecular weight excluding hydrogens is 408 g/mol. The Morgan fingerprint density at radius 3 is 2.68 bits per heavy atom. The minimum atomic E-state index is -2.79. The van der Waals surface area contributed by atoms with E-state index >= 15 is 0 Å². The van der Waals surface area contributed by atoms with Gasteiger partial charge in [-0.3, -0.25) is 9.59 Å². The molecule has 0 spiro atoms. The van der Waals surface area contributed by atoms with Crippen LogP contribution in [-0.4, -0.2) is 46.7 Å². The number of hydrogen-bond donors (Lipinski definition) is 2. The van der Waals surface area contributed by atoms with Gasteiger partial charge in [0.15, 0.2) is 0 Å². The lowest BCUT2D eigenvalue weighted by molar-refractivity contribution is 0.0844. The van der Waals surface area contributed by atoms with Gasteiger partial charge in [0.05, 0.1) is 22.5 Å². The molecule has 1 aliphatic heterocycles. The second-order valence-corrected chi connectivity index (χ2v) is 7.21. The molecule has 2 N–H and O–H groups in total. The fraction of sp³-hybridized carbons (Fsp3) is 0.333. The standard InChI is InChI=1S/C21H21F2N5O3/c1-24-20(29)14-11-28-13(9-17(27-28)12-5-7-31-8-6-12)10-18(14)26-21(30)16-4-2-3-15(25-16)19(22)23/h2-4,9-12,19H,5-8H2,1H3,(H,24,29)(H,26,30). The van der Waals surface area contributed by atoms with Crippen molar-refractivity contribution in [1.29, 1.82) is 0 Å². The number of hydrogen-bond acceptors (Lipinski definition) is 5. The number of nitrogens with zero attached hydrogens (tertiary/aromatic N) is 3. The highest BCUT2D eigenvalue weighted by molar-refractivity contribution is 6.08. The molecule has 0 aliphatic carbocycles. The van der Waals surface area contributed by atoms with E-state index in [1.165, 1.54) is 25.4 Å². The van der Waals surface area contributed by atoms with Gasteiger partial charge in [-0.05, 0) is 37.1 Å². The first kappa shape index (κ1) is 20.9. The van der Waals surface area contributed by atoms with Crippen LogP contribution in [0.3, 0.4) is 0 Å². The maximum Gasteiger partial charge on any atom is 0.280 e. The van der Waals surface area contributed by atoms with Crippen molar-refractivity contribution in [2.24, 2.45) is 0 Å². The van der Waals surface area contributed by atoms with Crippen molar-refractivity contribution in [3.8, 4) is 0 Å². The Hall–Kier alpha value is -3.40. The van der Waals surface area contributed by atoms with Gasteiger partial charge in [-0.1, -0.05) is 6.07 Å². The van der Waals surface area contributed by atoms with Gasteiger partial charge in [0.25, 0.3) is 18.2 Å². The van der Waals surface area contributed by atoms with E-state index in [0.29, 0.717) is 18.7 Å². The van der Waals surface area contributed by atoms with Crippen LogP contribution in [0.15, 0.2) is 36.5 Å². The van der Waals surface area contributed by atoms with E-state index in [-0.39, 0.29) is 22.9 Å². The van der Waals surface area contributed by atoms with Crippen molar-refractivity contribution < 1.29 is 23.1 Å². The molecule has 1 aliphatic rings. The van der Waals surface area contributed by atoms with Crippen molar-refractivity contribution in [3.05, 3.63) is 59.2 Å². The molecule has 0 radical (unpaired) electrons. The maximum absolute atomic E-state index is 12.9. The average molecular weight is 429 g/mol. The number of alkyl halides is 2. The number of rotatable bonds is 5. The summed E-state index contributed by atoms with van der Waals surface area (Å²) in [5.41, 5.74) is 1.35. The summed E-state index contributed by atoms with van der Waals surface area (Å²) in [5.74, 6) is -0.854. The summed E-state index contributed by atoms with van der Waals surface area (Å²) in [4.78, 5) is 28.8. The third kappa shape index (κ3) is 4.38. The quantitative estimate of drug-likeness (QED) is 0.649. The van der Waals surface area contributed by atoms with Crippen molar-refractivity contribution in [2.75, 3.05) is 25.6 Å². The summed E-state index contributed by atoms with van der Waals surface area (Å²) in [6.45, 7) is 1.35. The fourth-order valence-corrected chi connectivity index (χ4v) is 3.56. The average Bonchev–Trinajstić information content (AvgIpc) is 3.21. The van der Waals surface area contributed by atoms with Crippen LogP contribution in [0.1, 0.15) is 57.4 Å². The molecule has 4 heterocycles. The number of ether oxygens (including phenoxy) is 1. The maximum atomic E-state index is 12.9. The van der Waals surface area contributed by atoms with E-state index in [1.54, 1.807) is 10.6 Å². The molecule has 31 heavy (non-hydrogen) atoms. The summed E-state index contributed by atoms with van der Waals surface area (Å²) in [6.07, 6.45) is 0.473. The molecule has 2 amide bonds. The largest absolute Gasteiger partial charge is 0.381 e. The highest BCUT2D eigenvalue weighted by Crippen LogP contribution is 2.28. The molecule has 1 fully saturated rings. The summed E-state index contributed by atoms with van der Waals surface area (Å²) < 4.78 is 32.8. The van der Waals surface area contributed by atoms with Crippen LogP contribution in [0.4, 0.5) is 14.5 Å². The minimum Gasteiger partial charge on any atom is -0.381 e. The Labute approximate surface area is 176 Å². The van der Waals surface area contributed by atoms with Gasteiger partial charge in [0.2, 0.25) is 0 Å². The van der Waals surface area contributed by atoms with Gasteiger partial charge in [0, 0.05) is 32.4 Å². The Kier molecular flexibility index (Phi) is 5.90. The van der Waals surface area contributed by atoms with Gasteiger partial charge in [-0.15, -0.1) is 0 Å². The zero-order valence-electron chi connectivity index (χ0n) is 16.8. The second-order valence-electron chi connectivity index (χ2n) is 7.21. The zero-order chi connectivity index (χ0) is 22.0. The van der Waals surface area contributed by atoms with Crippen molar-refractivity contribution in [3.63, 3.8) is 0 Å². The first-order chi connectivity index (χ1) is 15.0. The number of aromatic nitrogens is 3. The molecule has 8 nitrogen and oxygen atoms in total. The SMILES string of the molecule is CNC(=O)c1cn2nc(C3CCOCC3)cc2cc1NC(=O)c1cccc(C(F)F)n1. The number of pyridine rings is 2. The predicted molar refractivity (Wildman–Crippen MR) is 109 cm³/mol. The van der Waals surface area contributed by atoms with Gasteiger partial charge >= 0.3 is 0 Å². The van der Waals surface area contributed by atoms with Crippen LogP contribution in [0.25, 0.3) is 5.52 Å². The summed E-state index contributed by atoms with van der Waals surface area (Å²) in [7, 11) is 1.47. The van der Waals surface area contributed by atoms with Crippen LogP contribution in [0.5, 0.6) is 0 Å². The molecule has 0 aromatic carbocycles. The lowest BCUT2D eigenvalue weighted by Gasteiger charge is -2.19. The van der Waals surface area contributed by atoms with Gasteiger partial charge in [0.1, 0.15) is 11.4 Å². The summed E-state index contributed by atoms with van der Waals surface area (Å²) >= 11 is 0. The van der Waals surface area contributed by atoms with Crippen molar-refractivity contribution >= 4 is 23.0 Å². The number of anilines is 1. The molecule has 0 bridgehead atoms. The normalized spacial score (nSPS) is 14.7. The molecule has 0 saturated carbocycles. The highest BCUT2D eigenvalue weighted by Gasteiger charge is 2.22. The Balaban J connectivity index is 1.68. The Bertz CT molecular complexity index is 1130. The molecule has 3 aromatic rings. The first-order valence-corrected chi connectivity index (χ1v) is 9.86. The molecule has 0 unspecified atom stereocenters. The third-order valence-electron chi connectivity index (χ3n) is 5.20. The first-order valence-electron chi connectivity index (χ1n) is 9.86. The van der Waals surface area contributed by atoms with E-state index in [2.05, 4.69) is 20.7 Å². The number of carbonyl (C=O) groups excluding carboxylic acids is 2. The monoisotopic (exact) mass is 429 g/mol. The van der Waals surface area contributed by atoms with E-state index in [1.807, 2.05) is 6.07 Å². The van der Waals surface area contributed by atoms with Crippen LogP contribution in [0.2, 0.25) is 0 Å². The molecule has 4 rings (SSSR count). The number of fused-ring (bicyclic) bond motifs is 1. The van der Waals surface area contributed by atoms with E-state index < -0.39 is 23.9 Å². The molecule has 1 saturated heterocycles.